The quantitative estimate of drug-likeness (QED) is 0.728. The van der Waals surface area contributed by atoms with Gasteiger partial charge in [0.05, 0.1) is 24.4 Å². The van der Waals surface area contributed by atoms with Gasteiger partial charge in [0.2, 0.25) is 0 Å². The summed E-state index contributed by atoms with van der Waals surface area (Å²) in [6.07, 6.45) is 1.88. The molecule has 0 saturated carbocycles. The lowest BCUT2D eigenvalue weighted by atomic mass is 10.2. The molecule has 0 atom stereocenters. The van der Waals surface area contributed by atoms with E-state index in [1.54, 1.807) is 50.2 Å². The molecule has 138 valence electrons. The molecular weight excluding hydrogens is 338 g/mol. The van der Waals surface area contributed by atoms with Crippen LogP contribution in [0.25, 0.3) is 0 Å². The maximum absolute atomic E-state index is 11.8. The van der Waals surface area contributed by atoms with Crippen LogP contribution in [0.4, 0.5) is 5.69 Å². The van der Waals surface area contributed by atoms with E-state index in [-0.39, 0.29) is 19.1 Å². The van der Waals surface area contributed by atoms with Crippen molar-refractivity contribution in [2.75, 3.05) is 11.9 Å². The minimum Gasteiger partial charge on any atom is -0.469 e. The average molecular weight is 359 g/mol. The number of anilines is 1. The second kappa shape index (κ2) is 9.41. The molecule has 26 heavy (non-hydrogen) atoms. The second-order valence-electron chi connectivity index (χ2n) is 5.82. The number of hydrogen-bond acceptors (Lipinski definition) is 6. The highest BCUT2D eigenvalue weighted by Crippen LogP contribution is 2.11. The fourth-order valence-corrected chi connectivity index (χ4v) is 2.07. The molecule has 2 aromatic rings. The van der Waals surface area contributed by atoms with Crippen molar-refractivity contribution in [3.63, 3.8) is 0 Å². The van der Waals surface area contributed by atoms with E-state index in [1.165, 1.54) is 6.26 Å². The van der Waals surface area contributed by atoms with Gasteiger partial charge in [-0.05, 0) is 50.2 Å². The summed E-state index contributed by atoms with van der Waals surface area (Å²) >= 11 is 0. The molecular formula is C19H21NO6. The second-order valence-corrected chi connectivity index (χ2v) is 5.82. The Hall–Kier alpha value is -3.09. The van der Waals surface area contributed by atoms with E-state index in [0.29, 0.717) is 23.4 Å². The van der Waals surface area contributed by atoms with Crippen LogP contribution >= 0.6 is 0 Å². The first-order valence-corrected chi connectivity index (χ1v) is 8.23. The third kappa shape index (κ3) is 6.43. The molecule has 0 saturated heterocycles. The molecule has 1 heterocycles. The molecule has 7 nitrogen and oxygen atoms in total. The van der Waals surface area contributed by atoms with Gasteiger partial charge >= 0.3 is 11.9 Å². The Labute approximate surface area is 151 Å². The van der Waals surface area contributed by atoms with Gasteiger partial charge in [0, 0.05) is 12.1 Å². The molecule has 2 rings (SSSR count). The number of furan rings is 1. The monoisotopic (exact) mass is 359 g/mol. The first-order chi connectivity index (χ1) is 12.4. The summed E-state index contributed by atoms with van der Waals surface area (Å²) in [5, 5.41) is 2.59. The molecule has 7 heteroatoms. The SMILES string of the molecule is CC(C)OC(=O)c1ccc(NC(=O)COC(=O)CCc2ccco2)cc1. The topological polar surface area (TPSA) is 94.8 Å². The summed E-state index contributed by atoms with van der Waals surface area (Å²) in [6.45, 7) is 3.15. The molecule has 0 spiro atoms. The third-order valence-electron chi connectivity index (χ3n) is 3.27. The highest BCUT2D eigenvalue weighted by molar-refractivity contribution is 5.94. The van der Waals surface area contributed by atoms with E-state index < -0.39 is 17.8 Å². The Morgan fingerprint density at radius 3 is 2.46 bits per heavy atom. The molecule has 0 radical (unpaired) electrons. The van der Waals surface area contributed by atoms with Crippen LogP contribution in [-0.4, -0.2) is 30.6 Å². The summed E-state index contributed by atoms with van der Waals surface area (Å²) in [5.74, 6) is -0.692. The Morgan fingerprint density at radius 2 is 1.85 bits per heavy atom. The number of amides is 1. The molecule has 0 fully saturated rings. The predicted octanol–water partition coefficient (Wildman–Crippen LogP) is 2.96. The van der Waals surface area contributed by atoms with Gasteiger partial charge in [-0.25, -0.2) is 4.79 Å². The van der Waals surface area contributed by atoms with E-state index >= 15 is 0 Å². The lowest BCUT2D eigenvalue weighted by Crippen LogP contribution is -2.21. The number of ether oxygens (including phenoxy) is 2. The largest absolute Gasteiger partial charge is 0.469 e. The summed E-state index contributed by atoms with van der Waals surface area (Å²) in [5.41, 5.74) is 0.879. The highest BCUT2D eigenvalue weighted by atomic mass is 16.5. The van der Waals surface area contributed by atoms with Crippen molar-refractivity contribution >= 4 is 23.5 Å². The number of carbonyl (C=O) groups excluding carboxylic acids is 3. The van der Waals surface area contributed by atoms with Crippen LogP contribution < -0.4 is 5.32 Å². The number of esters is 2. The van der Waals surface area contributed by atoms with Gasteiger partial charge in [-0.2, -0.15) is 0 Å². The van der Waals surface area contributed by atoms with E-state index in [0.717, 1.165) is 0 Å². The van der Waals surface area contributed by atoms with Crippen molar-refractivity contribution in [3.05, 3.63) is 54.0 Å². The van der Waals surface area contributed by atoms with Gasteiger partial charge in [-0.15, -0.1) is 0 Å². The number of rotatable bonds is 8. The van der Waals surface area contributed by atoms with Crippen molar-refractivity contribution in [2.24, 2.45) is 0 Å². The maximum atomic E-state index is 11.8. The minimum absolute atomic E-state index is 0.132. The van der Waals surface area contributed by atoms with Crippen LogP contribution in [0.2, 0.25) is 0 Å². The fraction of sp³-hybridized carbons (Fsp3) is 0.316. The van der Waals surface area contributed by atoms with Gasteiger partial charge < -0.3 is 19.2 Å². The Balaban J connectivity index is 1.73. The Kier molecular flexibility index (Phi) is 6.96. The minimum atomic E-state index is -0.483. The van der Waals surface area contributed by atoms with Gasteiger partial charge in [0.15, 0.2) is 6.61 Å². The predicted molar refractivity (Wildman–Crippen MR) is 93.6 cm³/mol. The molecule has 1 amide bonds. The number of aryl methyl sites for hydroxylation is 1. The summed E-state index contributed by atoms with van der Waals surface area (Å²) < 4.78 is 15.1. The smallest absolute Gasteiger partial charge is 0.338 e. The standard InChI is InChI=1S/C19H21NO6/c1-13(2)26-19(23)14-5-7-15(8-6-14)20-17(21)12-25-18(22)10-9-16-4-3-11-24-16/h3-8,11,13H,9-10,12H2,1-2H3,(H,20,21). The van der Waals surface area contributed by atoms with Crippen molar-refractivity contribution in [1.29, 1.82) is 0 Å². The van der Waals surface area contributed by atoms with Crippen LogP contribution in [-0.2, 0) is 25.5 Å². The molecule has 0 unspecified atom stereocenters. The van der Waals surface area contributed by atoms with Gasteiger partial charge in [0.1, 0.15) is 5.76 Å². The van der Waals surface area contributed by atoms with Gasteiger partial charge in [-0.1, -0.05) is 0 Å². The Morgan fingerprint density at radius 1 is 1.12 bits per heavy atom. The number of benzene rings is 1. The van der Waals surface area contributed by atoms with E-state index in [4.69, 9.17) is 13.9 Å². The van der Waals surface area contributed by atoms with E-state index in [9.17, 15) is 14.4 Å². The molecule has 0 aliphatic carbocycles. The van der Waals surface area contributed by atoms with Crippen LogP contribution in [0.3, 0.4) is 0 Å². The van der Waals surface area contributed by atoms with Crippen LogP contribution in [0.15, 0.2) is 47.1 Å². The normalized spacial score (nSPS) is 10.4. The zero-order valence-corrected chi connectivity index (χ0v) is 14.7. The summed E-state index contributed by atoms with van der Waals surface area (Å²) in [6, 6.07) is 9.76. The molecule has 0 aliphatic heterocycles. The van der Waals surface area contributed by atoms with Crippen molar-refractivity contribution in [2.45, 2.75) is 32.8 Å². The number of hydrogen-bond donors (Lipinski definition) is 1. The summed E-state index contributed by atoms with van der Waals surface area (Å²) in [7, 11) is 0. The van der Waals surface area contributed by atoms with Crippen molar-refractivity contribution in [3.8, 4) is 0 Å². The Bertz CT molecular complexity index is 734. The zero-order valence-electron chi connectivity index (χ0n) is 14.7. The van der Waals surface area contributed by atoms with Crippen molar-refractivity contribution in [1.82, 2.24) is 0 Å². The van der Waals surface area contributed by atoms with Gasteiger partial charge in [-0.3, -0.25) is 9.59 Å². The van der Waals surface area contributed by atoms with Crippen LogP contribution in [0, 0.1) is 0 Å². The molecule has 0 aliphatic rings. The first-order valence-electron chi connectivity index (χ1n) is 8.23. The lowest BCUT2D eigenvalue weighted by molar-refractivity contribution is -0.147. The average Bonchev–Trinajstić information content (AvgIpc) is 3.11. The maximum Gasteiger partial charge on any atom is 0.338 e. The summed E-state index contributed by atoms with van der Waals surface area (Å²) in [4.78, 5) is 35.2. The molecule has 1 aromatic carbocycles. The lowest BCUT2D eigenvalue weighted by Gasteiger charge is -2.09. The fourth-order valence-electron chi connectivity index (χ4n) is 2.07. The van der Waals surface area contributed by atoms with Crippen LogP contribution in [0.5, 0.6) is 0 Å². The first kappa shape index (κ1) is 19.2. The number of carbonyl (C=O) groups is 3. The number of nitrogens with one attached hydrogen (secondary N) is 1. The van der Waals surface area contributed by atoms with Gasteiger partial charge in [0.25, 0.3) is 5.91 Å². The highest BCUT2D eigenvalue weighted by Gasteiger charge is 2.11. The van der Waals surface area contributed by atoms with Crippen molar-refractivity contribution < 1.29 is 28.3 Å². The van der Waals surface area contributed by atoms with E-state index in [2.05, 4.69) is 5.32 Å². The van der Waals surface area contributed by atoms with E-state index in [1.807, 2.05) is 0 Å². The third-order valence-corrected chi connectivity index (χ3v) is 3.27. The molecule has 1 N–H and O–H groups in total. The molecule has 0 bridgehead atoms. The van der Waals surface area contributed by atoms with Crippen LogP contribution in [0.1, 0.15) is 36.4 Å². The molecule has 1 aromatic heterocycles. The zero-order chi connectivity index (χ0) is 18.9.